The number of hydrogen-bond acceptors (Lipinski definition) is 6. The number of aromatic nitrogens is 2. The molecule has 0 aromatic carbocycles. The number of hydrogen-bond donors (Lipinski definition) is 1. The molecule has 1 fully saturated rings. The highest BCUT2D eigenvalue weighted by atomic mass is 32.1. The lowest BCUT2D eigenvalue weighted by Gasteiger charge is -2.31. The van der Waals surface area contributed by atoms with Crippen molar-refractivity contribution in [3.05, 3.63) is 35.0 Å². The summed E-state index contributed by atoms with van der Waals surface area (Å²) < 4.78 is 13.2. The van der Waals surface area contributed by atoms with Gasteiger partial charge in [0.25, 0.3) is 11.8 Å². The van der Waals surface area contributed by atoms with E-state index in [4.69, 9.17) is 4.42 Å². The Balaban J connectivity index is 1.54. The number of furan rings is 1. The fourth-order valence-electron chi connectivity index (χ4n) is 2.77. The van der Waals surface area contributed by atoms with Crippen LogP contribution in [0.1, 0.15) is 45.2 Å². The molecule has 8 heteroatoms. The SMILES string of the molecule is Cc1cc(C(=O)NC2CCN(C(=O)c3cnsn3)CC2)c(C)o1. The average molecular weight is 334 g/mol. The Morgan fingerprint density at radius 1 is 1.35 bits per heavy atom. The van der Waals surface area contributed by atoms with Crippen molar-refractivity contribution in [3.8, 4) is 0 Å². The van der Waals surface area contributed by atoms with E-state index in [0.717, 1.165) is 30.3 Å². The normalized spacial score (nSPS) is 15.7. The van der Waals surface area contributed by atoms with Crippen LogP contribution in [-0.4, -0.2) is 44.6 Å². The van der Waals surface area contributed by atoms with E-state index in [0.29, 0.717) is 30.1 Å². The maximum Gasteiger partial charge on any atom is 0.275 e. The second-order valence-corrected chi connectivity index (χ2v) is 6.22. The van der Waals surface area contributed by atoms with Crippen molar-refractivity contribution < 1.29 is 14.0 Å². The number of piperidine rings is 1. The largest absolute Gasteiger partial charge is 0.466 e. The molecule has 1 saturated heterocycles. The van der Waals surface area contributed by atoms with Gasteiger partial charge in [-0.2, -0.15) is 8.75 Å². The van der Waals surface area contributed by atoms with Crippen LogP contribution in [0.5, 0.6) is 0 Å². The van der Waals surface area contributed by atoms with E-state index in [-0.39, 0.29) is 17.9 Å². The fraction of sp³-hybridized carbons (Fsp3) is 0.467. The maximum atomic E-state index is 12.3. The monoisotopic (exact) mass is 334 g/mol. The summed E-state index contributed by atoms with van der Waals surface area (Å²) in [7, 11) is 0. The quantitative estimate of drug-likeness (QED) is 0.924. The van der Waals surface area contributed by atoms with E-state index in [1.54, 1.807) is 17.9 Å². The van der Waals surface area contributed by atoms with Crippen LogP contribution in [0.25, 0.3) is 0 Å². The number of carbonyl (C=O) groups excluding carboxylic acids is 2. The number of carbonyl (C=O) groups is 2. The zero-order valence-electron chi connectivity index (χ0n) is 13.0. The van der Waals surface area contributed by atoms with Crippen LogP contribution in [-0.2, 0) is 0 Å². The van der Waals surface area contributed by atoms with Gasteiger partial charge >= 0.3 is 0 Å². The molecule has 0 bridgehead atoms. The van der Waals surface area contributed by atoms with Crippen molar-refractivity contribution >= 4 is 23.5 Å². The topological polar surface area (TPSA) is 88.3 Å². The molecule has 1 N–H and O–H groups in total. The molecule has 0 atom stereocenters. The Bertz CT molecular complexity index is 702. The first-order valence-electron chi connectivity index (χ1n) is 7.49. The first-order valence-corrected chi connectivity index (χ1v) is 8.22. The van der Waals surface area contributed by atoms with Gasteiger partial charge < -0.3 is 14.6 Å². The van der Waals surface area contributed by atoms with Gasteiger partial charge in [-0.3, -0.25) is 9.59 Å². The molecule has 0 spiro atoms. The third-order valence-electron chi connectivity index (χ3n) is 3.98. The van der Waals surface area contributed by atoms with Crippen molar-refractivity contribution in [2.75, 3.05) is 13.1 Å². The number of likely N-dealkylation sites (tertiary alicyclic amines) is 1. The summed E-state index contributed by atoms with van der Waals surface area (Å²) in [5, 5.41) is 3.02. The summed E-state index contributed by atoms with van der Waals surface area (Å²) in [4.78, 5) is 26.2. The lowest BCUT2D eigenvalue weighted by molar-refractivity contribution is 0.0693. The summed E-state index contributed by atoms with van der Waals surface area (Å²) in [5.41, 5.74) is 0.969. The molecular weight excluding hydrogens is 316 g/mol. The molecule has 0 saturated carbocycles. The van der Waals surface area contributed by atoms with Crippen LogP contribution < -0.4 is 5.32 Å². The van der Waals surface area contributed by atoms with Crippen LogP contribution in [0.2, 0.25) is 0 Å². The predicted octanol–water partition coefficient (Wildman–Crippen LogP) is 1.78. The van der Waals surface area contributed by atoms with Crippen LogP contribution in [0.15, 0.2) is 16.7 Å². The third-order valence-corrected chi connectivity index (χ3v) is 4.46. The van der Waals surface area contributed by atoms with E-state index in [2.05, 4.69) is 14.1 Å². The molecule has 0 radical (unpaired) electrons. The van der Waals surface area contributed by atoms with E-state index in [1.165, 1.54) is 6.20 Å². The average Bonchev–Trinajstić information content (AvgIpc) is 3.17. The Labute approximate surface area is 138 Å². The summed E-state index contributed by atoms with van der Waals surface area (Å²) in [5.74, 6) is 1.14. The van der Waals surface area contributed by atoms with Crippen LogP contribution in [0, 0.1) is 13.8 Å². The lowest BCUT2D eigenvalue weighted by Crippen LogP contribution is -2.46. The van der Waals surface area contributed by atoms with Crippen molar-refractivity contribution in [1.29, 1.82) is 0 Å². The molecule has 7 nitrogen and oxygen atoms in total. The second kappa shape index (κ2) is 6.49. The summed E-state index contributed by atoms with van der Waals surface area (Å²) in [6, 6.07) is 1.81. The molecule has 2 aromatic heterocycles. The van der Waals surface area contributed by atoms with Gasteiger partial charge in [0, 0.05) is 19.1 Å². The number of aryl methyl sites for hydroxylation is 2. The Morgan fingerprint density at radius 2 is 2.09 bits per heavy atom. The third kappa shape index (κ3) is 3.42. The highest BCUT2D eigenvalue weighted by Gasteiger charge is 2.26. The number of rotatable bonds is 3. The van der Waals surface area contributed by atoms with Crippen molar-refractivity contribution in [2.24, 2.45) is 0 Å². The van der Waals surface area contributed by atoms with Crippen molar-refractivity contribution in [2.45, 2.75) is 32.7 Å². The Morgan fingerprint density at radius 3 is 2.65 bits per heavy atom. The molecule has 1 aliphatic heterocycles. The molecule has 2 aromatic rings. The number of amides is 2. The Kier molecular flexibility index (Phi) is 4.42. The van der Waals surface area contributed by atoms with Gasteiger partial charge in [0.05, 0.1) is 23.5 Å². The van der Waals surface area contributed by atoms with Gasteiger partial charge in [-0.05, 0) is 32.8 Å². The molecule has 2 amide bonds. The minimum absolute atomic E-state index is 0.0646. The maximum absolute atomic E-state index is 12.3. The van der Waals surface area contributed by atoms with E-state index < -0.39 is 0 Å². The number of nitrogens with one attached hydrogen (secondary N) is 1. The molecular formula is C15H18N4O3S. The van der Waals surface area contributed by atoms with Gasteiger partial charge in [-0.15, -0.1) is 0 Å². The van der Waals surface area contributed by atoms with E-state index in [9.17, 15) is 9.59 Å². The lowest BCUT2D eigenvalue weighted by atomic mass is 10.0. The van der Waals surface area contributed by atoms with E-state index in [1.807, 2.05) is 6.92 Å². The summed E-state index contributed by atoms with van der Waals surface area (Å²) in [6.07, 6.45) is 2.95. The van der Waals surface area contributed by atoms with Crippen LogP contribution in [0.3, 0.4) is 0 Å². The van der Waals surface area contributed by atoms with E-state index >= 15 is 0 Å². The van der Waals surface area contributed by atoms with Crippen LogP contribution >= 0.6 is 11.7 Å². The highest BCUT2D eigenvalue weighted by molar-refractivity contribution is 6.99. The van der Waals surface area contributed by atoms with Gasteiger partial charge in [-0.1, -0.05) is 0 Å². The van der Waals surface area contributed by atoms with Gasteiger partial charge in [0.1, 0.15) is 11.5 Å². The first kappa shape index (κ1) is 15.7. The molecule has 23 heavy (non-hydrogen) atoms. The minimum atomic E-state index is -0.118. The van der Waals surface area contributed by atoms with Crippen LogP contribution in [0.4, 0.5) is 0 Å². The predicted molar refractivity (Wildman–Crippen MR) is 84.5 cm³/mol. The zero-order chi connectivity index (χ0) is 16.4. The van der Waals surface area contributed by atoms with Gasteiger partial charge in [-0.25, -0.2) is 0 Å². The second-order valence-electron chi connectivity index (χ2n) is 5.66. The minimum Gasteiger partial charge on any atom is -0.466 e. The van der Waals surface area contributed by atoms with Crippen molar-refractivity contribution in [1.82, 2.24) is 19.0 Å². The standard InChI is InChI=1S/C15H18N4O3S/c1-9-7-12(10(2)22-9)14(20)17-11-3-5-19(6-4-11)15(21)13-8-16-23-18-13/h7-8,11H,3-6H2,1-2H3,(H,17,20). The first-order chi connectivity index (χ1) is 11.0. The molecule has 0 aliphatic carbocycles. The Hall–Kier alpha value is -2.22. The molecule has 122 valence electrons. The fourth-order valence-corrected chi connectivity index (χ4v) is 3.17. The highest BCUT2D eigenvalue weighted by Crippen LogP contribution is 2.17. The molecule has 0 unspecified atom stereocenters. The molecule has 1 aliphatic rings. The molecule has 3 rings (SSSR count). The summed E-state index contributed by atoms with van der Waals surface area (Å²) in [6.45, 7) is 4.81. The van der Waals surface area contributed by atoms with Crippen molar-refractivity contribution in [3.63, 3.8) is 0 Å². The zero-order valence-corrected chi connectivity index (χ0v) is 13.9. The van der Waals surface area contributed by atoms with Gasteiger partial charge in [0.15, 0.2) is 5.69 Å². The molecule has 3 heterocycles. The smallest absolute Gasteiger partial charge is 0.275 e. The summed E-state index contributed by atoms with van der Waals surface area (Å²) >= 11 is 1.03. The van der Waals surface area contributed by atoms with Gasteiger partial charge in [0.2, 0.25) is 0 Å². The number of nitrogens with zero attached hydrogens (tertiary/aromatic N) is 3.